The van der Waals surface area contributed by atoms with E-state index >= 15 is 0 Å². The Morgan fingerprint density at radius 2 is 2.06 bits per heavy atom. The van der Waals surface area contributed by atoms with Crippen LogP contribution < -0.4 is 0 Å². The van der Waals surface area contributed by atoms with Crippen LogP contribution in [0.1, 0.15) is 27.2 Å². The molecule has 4 heteroatoms. The summed E-state index contributed by atoms with van der Waals surface area (Å²) in [6, 6.07) is 6.19. The van der Waals surface area contributed by atoms with Crippen LogP contribution in [-0.2, 0) is 6.54 Å². The standard InChI is InChI=1S/C14H14FNO2/c1-9-3-4-12(15)7-11(9)8-16-6-5-13(10(16)2)14(17)18/h3-7H,8H2,1-2H3,(H,17,18). The van der Waals surface area contributed by atoms with Crippen LogP contribution in [0.2, 0.25) is 0 Å². The molecule has 1 heterocycles. The third-order valence-electron chi connectivity index (χ3n) is 3.12. The molecule has 1 aromatic carbocycles. The maximum atomic E-state index is 13.2. The second-order valence-electron chi connectivity index (χ2n) is 4.32. The lowest BCUT2D eigenvalue weighted by atomic mass is 10.1. The zero-order valence-corrected chi connectivity index (χ0v) is 10.3. The van der Waals surface area contributed by atoms with Crippen molar-refractivity contribution in [2.75, 3.05) is 0 Å². The monoisotopic (exact) mass is 247 g/mol. The van der Waals surface area contributed by atoms with Crippen molar-refractivity contribution in [3.05, 3.63) is 58.7 Å². The van der Waals surface area contributed by atoms with Gasteiger partial charge in [0.05, 0.1) is 5.56 Å². The fourth-order valence-electron chi connectivity index (χ4n) is 1.94. The average Bonchev–Trinajstić information content (AvgIpc) is 2.66. The third-order valence-corrected chi connectivity index (χ3v) is 3.12. The van der Waals surface area contributed by atoms with E-state index in [-0.39, 0.29) is 11.4 Å². The van der Waals surface area contributed by atoms with E-state index in [0.29, 0.717) is 12.2 Å². The smallest absolute Gasteiger partial charge is 0.337 e. The molecule has 3 nitrogen and oxygen atoms in total. The molecule has 2 rings (SSSR count). The largest absolute Gasteiger partial charge is 0.478 e. The number of nitrogens with zero attached hydrogens (tertiary/aromatic N) is 1. The average molecular weight is 247 g/mol. The molecule has 0 fully saturated rings. The molecule has 0 aliphatic carbocycles. The molecular formula is C14H14FNO2. The molecule has 1 N–H and O–H groups in total. The molecule has 94 valence electrons. The van der Waals surface area contributed by atoms with Crippen LogP contribution in [0.4, 0.5) is 4.39 Å². The first-order chi connectivity index (χ1) is 8.49. The Labute approximate surface area is 104 Å². The van der Waals surface area contributed by atoms with E-state index in [1.54, 1.807) is 25.3 Å². The third kappa shape index (κ3) is 2.27. The van der Waals surface area contributed by atoms with E-state index in [9.17, 15) is 9.18 Å². The van der Waals surface area contributed by atoms with Gasteiger partial charge in [0.25, 0.3) is 0 Å². The number of carboxylic acid groups (broad SMARTS) is 1. The summed E-state index contributed by atoms with van der Waals surface area (Å²) in [7, 11) is 0. The second kappa shape index (κ2) is 4.64. The first kappa shape index (κ1) is 12.4. The molecule has 0 unspecified atom stereocenters. The molecule has 0 spiro atoms. The number of aromatic carboxylic acids is 1. The van der Waals surface area contributed by atoms with Crippen LogP contribution >= 0.6 is 0 Å². The summed E-state index contributed by atoms with van der Waals surface area (Å²) in [5, 5.41) is 8.97. The van der Waals surface area contributed by atoms with Crippen LogP contribution in [0.25, 0.3) is 0 Å². The number of carbonyl (C=O) groups is 1. The fourth-order valence-corrected chi connectivity index (χ4v) is 1.94. The minimum absolute atomic E-state index is 0.279. The molecule has 18 heavy (non-hydrogen) atoms. The number of hydrogen-bond donors (Lipinski definition) is 1. The first-order valence-corrected chi connectivity index (χ1v) is 5.63. The Morgan fingerprint density at radius 3 is 2.67 bits per heavy atom. The van der Waals surface area contributed by atoms with Crippen molar-refractivity contribution in [3.8, 4) is 0 Å². The van der Waals surface area contributed by atoms with Gasteiger partial charge >= 0.3 is 5.97 Å². The van der Waals surface area contributed by atoms with Gasteiger partial charge in [-0.25, -0.2) is 9.18 Å². The Hall–Kier alpha value is -2.10. The highest BCUT2D eigenvalue weighted by molar-refractivity contribution is 5.88. The van der Waals surface area contributed by atoms with Gasteiger partial charge in [-0.2, -0.15) is 0 Å². The van der Waals surface area contributed by atoms with Crippen LogP contribution in [0, 0.1) is 19.7 Å². The summed E-state index contributed by atoms with van der Waals surface area (Å²) in [5.74, 6) is -1.22. The number of aryl methyl sites for hydroxylation is 1. The van der Waals surface area contributed by atoms with E-state index in [4.69, 9.17) is 5.11 Å². The molecule has 0 aliphatic rings. The van der Waals surface area contributed by atoms with Crippen molar-refractivity contribution < 1.29 is 14.3 Å². The summed E-state index contributed by atoms with van der Waals surface area (Å²) < 4.78 is 15.0. The van der Waals surface area contributed by atoms with Gasteiger partial charge in [-0.05, 0) is 43.2 Å². The summed E-state index contributed by atoms with van der Waals surface area (Å²) >= 11 is 0. The first-order valence-electron chi connectivity index (χ1n) is 5.63. The van der Waals surface area contributed by atoms with E-state index in [1.165, 1.54) is 12.1 Å². The number of halogens is 1. The van der Waals surface area contributed by atoms with Gasteiger partial charge in [0.1, 0.15) is 5.82 Å². The van der Waals surface area contributed by atoms with Crippen molar-refractivity contribution >= 4 is 5.97 Å². The highest BCUT2D eigenvalue weighted by atomic mass is 19.1. The molecule has 0 aliphatic heterocycles. The SMILES string of the molecule is Cc1ccc(F)cc1Cn1ccc(C(=O)O)c1C. The van der Waals surface area contributed by atoms with E-state index < -0.39 is 5.97 Å². The van der Waals surface area contributed by atoms with Crippen molar-refractivity contribution in [2.24, 2.45) is 0 Å². The van der Waals surface area contributed by atoms with E-state index in [2.05, 4.69) is 0 Å². The predicted molar refractivity (Wildman–Crippen MR) is 66.4 cm³/mol. The van der Waals surface area contributed by atoms with E-state index in [1.807, 2.05) is 11.5 Å². The van der Waals surface area contributed by atoms with Crippen LogP contribution in [0.5, 0.6) is 0 Å². The number of hydrogen-bond acceptors (Lipinski definition) is 1. The number of benzene rings is 1. The topological polar surface area (TPSA) is 42.2 Å². The maximum absolute atomic E-state index is 13.2. The predicted octanol–water partition coefficient (Wildman–Crippen LogP) is 2.99. The van der Waals surface area contributed by atoms with Gasteiger partial charge in [-0.1, -0.05) is 6.07 Å². The highest BCUT2D eigenvalue weighted by Gasteiger charge is 2.12. The highest BCUT2D eigenvalue weighted by Crippen LogP contribution is 2.16. The molecule has 0 amide bonds. The molecule has 0 saturated carbocycles. The summed E-state index contributed by atoms with van der Waals surface area (Å²) in [6.07, 6.45) is 1.71. The van der Waals surface area contributed by atoms with Crippen molar-refractivity contribution in [1.29, 1.82) is 0 Å². The number of rotatable bonds is 3. The molecule has 0 radical (unpaired) electrons. The zero-order valence-electron chi connectivity index (χ0n) is 10.3. The molecule has 2 aromatic rings. The number of carboxylic acids is 1. The Bertz CT molecular complexity index is 602. The van der Waals surface area contributed by atoms with Gasteiger partial charge in [0.15, 0.2) is 0 Å². The Balaban J connectivity index is 2.34. The van der Waals surface area contributed by atoms with Crippen molar-refractivity contribution in [3.63, 3.8) is 0 Å². The summed E-state index contributed by atoms with van der Waals surface area (Å²) in [5.41, 5.74) is 2.79. The molecule has 0 atom stereocenters. The normalized spacial score (nSPS) is 10.6. The molecule has 1 aromatic heterocycles. The second-order valence-corrected chi connectivity index (χ2v) is 4.32. The zero-order chi connectivity index (χ0) is 13.3. The lowest BCUT2D eigenvalue weighted by Gasteiger charge is -2.09. The van der Waals surface area contributed by atoms with Gasteiger partial charge in [-0.15, -0.1) is 0 Å². The van der Waals surface area contributed by atoms with Crippen LogP contribution in [0.3, 0.4) is 0 Å². The lowest BCUT2D eigenvalue weighted by molar-refractivity contribution is 0.0696. The molecule has 0 bridgehead atoms. The summed E-state index contributed by atoms with van der Waals surface area (Å²) in [4.78, 5) is 10.9. The fraction of sp³-hybridized carbons (Fsp3) is 0.214. The minimum atomic E-state index is -0.942. The van der Waals surface area contributed by atoms with Crippen molar-refractivity contribution in [1.82, 2.24) is 4.57 Å². The lowest BCUT2D eigenvalue weighted by Crippen LogP contribution is -2.05. The van der Waals surface area contributed by atoms with Crippen LogP contribution in [0.15, 0.2) is 30.5 Å². The Morgan fingerprint density at radius 1 is 1.33 bits per heavy atom. The maximum Gasteiger partial charge on any atom is 0.337 e. The molecular weight excluding hydrogens is 233 g/mol. The Kier molecular flexibility index (Phi) is 3.19. The van der Waals surface area contributed by atoms with Crippen molar-refractivity contribution in [2.45, 2.75) is 20.4 Å². The van der Waals surface area contributed by atoms with E-state index in [0.717, 1.165) is 11.1 Å². The minimum Gasteiger partial charge on any atom is -0.478 e. The van der Waals surface area contributed by atoms with Crippen LogP contribution in [-0.4, -0.2) is 15.6 Å². The van der Waals surface area contributed by atoms with Gasteiger partial charge < -0.3 is 9.67 Å². The number of aromatic nitrogens is 1. The van der Waals surface area contributed by atoms with Gasteiger partial charge in [0, 0.05) is 18.4 Å². The van der Waals surface area contributed by atoms with Gasteiger partial charge in [-0.3, -0.25) is 0 Å². The summed E-state index contributed by atoms with van der Waals surface area (Å²) in [6.45, 7) is 4.13. The quantitative estimate of drug-likeness (QED) is 0.906. The van der Waals surface area contributed by atoms with Gasteiger partial charge in [0.2, 0.25) is 0 Å². The molecule has 0 saturated heterocycles.